The highest BCUT2D eigenvalue weighted by Crippen LogP contribution is 2.26. The molecule has 1 heterocycles. The molecule has 3 aromatic rings. The minimum absolute atomic E-state index is 0.119. The molecule has 0 spiro atoms. The molecule has 0 aliphatic rings. The molecular formula is C20H17BrN4O4S2. The summed E-state index contributed by atoms with van der Waals surface area (Å²) in [7, 11) is 0. The molecule has 3 rings (SSSR count). The van der Waals surface area contributed by atoms with E-state index in [1.807, 2.05) is 6.07 Å². The van der Waals surface area contributed by atoms with Crippen molar-refractivity contribution >= 4 is 67.6 Å². The summed E-state index contributed by atoms with van der Waals surface area (Å²) in [4.78, 5) is 36.1. The fourth-order valence-corrected chi connectivity index (χ4v) is 4.29. The lowest BCUT2D eigenvalue weighted by molar-refractivity contribution is -0.113. The number of thioether (sulfide) groups is 1. The summed E-state index contributed by atoms with van der Waals surface area (Å²) in [6.07, 6.45) is 0. The van der Waals surface area contributed by atoms with Gasteiger partial charge in [0.25, 0.3) is 5.91 Å². The van der Waals surface area contributed by atoms with Gasteiger partial charge in [0.1, 0.15) is 0 Å². The van der Waals surface area contributed by atoms with Gasteiger partial charge in [-0.15, -0.1) is 10.2 Å². The average molecular weight is 521 g/mol. The van der Waals surface area contributed by atoms with Gasteiger partial charge in [-0.2, -0.15) is 0 Å². The standard InChI is InChI=1S/C20H17BrN4O4S2/c1-2-29-18(28)12-6-8-15(9-7-12)22-16(26)11-30-20-25-24-19(31-20)23-17(27)13-4-3-5-14(21)10-13/h3-10H,2,11H2,1H3,(H,22,26)(H,23,24,27). The van der Waals surface area contributed by atoms with Crippen LogP contribution in [-0.2, 0) is 9.53 Å². The highest BCUT2D eigenvalue weighted by atomic mass is 79.9. The quantitative estimate of drug-likeness (QED) is 0.256. The van der Waals surface area contributed by atoms with Crippen LogP contribution in [0.15, 0.2) is 57.3 Å². The minimum Gasteiger partial charge on any atom is -0.462 e. The number of rotatable bonds is 8. The Morgan fingerprint density at radius 3 is 2.55 bits per heavy atom. The maximum absolute atomic E-state index is 12.3. The number of halogens is 1. The Bertz CT molecular complexity index is 1090. The smallest absolute Gasteiger partial charge is 0.338 e. The first kappa shape index (κ1) is 22.9. The van der Waals surface area contributed by atoms with Crippen molar-refractivity contribution in [2.24, 2.45) is 0 Å². The summed E-state index contributed by atoms with van der Waals surface area (Å²) in [6.45, 7) is 2.04. The second kappa shape index (κ2) is 11.0. The predicted molar refractivity (Wildman–Crippen MR) is 124 cm³/mol. The van der Waals surface area contributed by atoms with E-state index >= 15 is 0 Å². The molecule has 2 amide bonds. The number of nitrogens with one attached hydrogen (secondary N) is 2. The normalized spacial score (nSPS) is 10.4. The van der Waals surface area contributed by atoms with E-state index < -0.39 is 5.97 Å². The molecule has 0 saturated heterocycles. The van der Waals surface area contributed by atoms with Gasteiger partial charge >= 0.3 is 5.97 Å². The van der Waals surface area contributed by atoms with Crippen molar-refractivity contribution < 1.29 is 19.1 Å². The van der Waals surface area contributed by atoms with Crippen molar-refractivity contribution in [3.8, 4) is 0 Å². The van der Waals surface area contributed by atoms with Crippen molar-refractivity contribution in [2.45, 2.75) is 11.3 Å². The van der Waals surface area contributed by atoms with Gasteiger partial charge in [-0.1, -0.05) is 45.1 Å². The second-order valence-electron chi connectivity index (χ2n) is 5.97. The van der Waals surface area contributed by atoms with E-state index in [9.17, 15) is 14.4 Å². The molecule has 8 nitrogen and oxygen atoms in total. The zero-order valence-corrected chi connectivity index (χ0v) is 19.5. The van der Waals surface area contributed by atoms with Crippen molar-refractivity contribution in [2.75, 3.05) is 23.0 Å². The van der Waals surface area contributed by atoms with Crippen molar-refractivity contribution in [3.63, 3.8) is 0 Å². The monoisotopic (exact) mass is 520 g/mol. The summed E-state index contributed by atoms with van der Waals surface area (Å²) in [5.41, 5.74) is 1.48. The maximum atomic E-state index is 12.3. The third kappa shape index (κ3) is 6.88. The summed E-state index contributed by atoms with van der Waals surface area (Å²) in [6, 6.07) is 13.4. The number of anilines is 2. The molecule has 0 aliphatic heterocycles. The van der Waals surface area contributed by atoms with E-state index in [1.54, 1.807) is 49.4 Å². The van der Waals surface area contributed by atoms with Crippen LogP contribution in [0.25, 0.3) is 0 Å². The van der Waals surface area contributed by atoms with Gasteiger partial charge in [-0.3, -0.25) is 14.9 Å². The largest absolute Gasteiger partial charge is 0.462 e. The Morgan fingerprint density at radius 2 is 1.84 bits per heavy atom. The number of hydrogen-bond donors (Lipinski definition) is 2. The number of aromatic nitrogens is 2. The van der Waals surface area contributed by atoms with Crippen molar-refractivity contribution in [1.82, 2.24) is 10.2 Å². The van der Waals surface area contributed by atoms with Crippen LogP contribution in [0.3, 0.4) is 0 Å². The van der Waals surface area contributed by atoms with Crippen LogP contribution in [0.5, 0.6) is 0 Å². The van der Waals surface area contributed by atoms with Crippen LogP contribution in [0.4, 0.5) is 10.8 Å². The van der Waals surface area contributed by atoms with Gasteiger partial charge in [0.15, 0.2) is 4.34 Å². The Morgan fingerprint density at radius 1 is 1.06 bits per heavy atom. The Balaban J connectivity index is 1.48. The van der Waals surface area contributed by atoms with Gasteiger partial charge in [0.05, 0.1) is 17.9 Å². The molecule has 160 valence electrons. The number of carbonyl (C=O) groups is 3. The molecular weight excluding hydrogens is 504 g/mol. The highest BCUT2D eigenvalue weighted by molar-refractivity contribution is 9.10. The van der Waals surface area contributed by atoms with Crippen LogP contribution < -0.4 is 10.6 Å². The molecule has 2 N–H and O–H groups in total. The molecule has 2 aromatic carbocycles. The second-order valence-corrected chi connectivity index (χ2v) is 9.09. The molecule has 1 aromatic heterocycles. The van der Waals surface area contributed by atoms with E-state index in [-0.39, 0.29) is 17.6 Å². The number of amides is 2. The maximum Gasteiger partial charge on any atom is 0.338 e. The highest BCUT2D eigenvalue weighted by Gasteiger charge is 2.13. The molecule has 11 heteroatoms. The van der Waals surface area contributed by atoms with E-state index in [1.165, 1.54) is 23.1 Å². The number of hydrogen-bond acceptors (Lipinski definition) is 8. The Labute approximate surface area is 194 Å². The predicted octanol–water partition coefficient (Wildman–Crippen LogP) is 4.46. The molecule has 0 bridgehead atoms. The molecule has 0 unspecified atom stereocenters. The number of esters is 1. The fraction of sp³-hybridized carbons (Fsp3) is 0.150. The topological polar surface area (TPSA) is 110 Å². The van der Waals surface area contributed by atoms with Crippen LogP contribution in [0.2, 0.25) is 0 Å². The van der Waals surface area contributed by atoms with Gasteiger partial charge < -0.3 is 10.1 Å². The van der Waals surface area contributed by atoms with Crippen LogP contribution in [0.1, 0.15) is 27.6 Å². The summed E-state index contributed by atoms with van der Waals surface area (Å²) in [5.74, 6) is -0.815. The minimum atomic E-state index is -0.407. The van der Waals surface area contributed by atoms with Crippen LogP contribution >= 0.6 is 39.0 Å². The summed E-state index contributed by atoms with van der Waals surface area (Å²) < 4.78 is 6.28. The molecule has 0 saturated carbocycles. The molecule has 31 heavy (non-hydrogen) atoms. The first-order chi connectivity index (χ1) is 14.9. The Hall–Kier alpha value is -2.76. The molecule has 0 radical (unpaired) electrons. The van der Waals surface area contributed by atoms with E-state index in [4.69, 9.17) is 4.74 Å². The average Bonchev–Trinajstić information content (AvgIpc) is 3.20. The molecule has 0 fully saturated rings. The van der Waals surface area contributed by atoms with E-state index in [0.717, 1.165) is 4.47 Å². The Kier molecular flexibility index (Phi) is 8.15. The van der Waals surface area contributed by atoms with Crippen LogP contribution in [-0.4, -0.2) is 40.3 Å². The first-order valence-electron chi connectivity index (χ1n) is 9.05. The van der Waals surface area contributed by atoms with Crippen molar-refractivity contribution in [3.05, 3.63) is 64.1 Å². The third-order valence-electron chi connectivity index (χ3n) is 3.72. The number of benzene rings is 2. The number of carbonyl (C=O) groups excluding carboxylic acids is 3. The molecule has 0 aliphatic carbocycles. The number of ether oxygens (including phenoxy) is 1. The lowest BCUT2D eigenvalue weighted by Crippen LogP contribution is -2.14. The van der Waals surface area contributed by atoms with Crippen molar-refractivity contribution in [1.29, 1.82) is 0 Å². The third-order valence-corrected chi connectivity index (χ3v) is 6.19. The van der Waals surface area contributed by atoms with Gasteiger partial charge in [-0.05, 0) is 49.4 Å². The van der Waals surface area contributed by atoms with Gasteiger partial charge in [-0.25, -0.2) is 4.79 Å². The zero-order chi connectivity index (χ0) is 22.2. The zero-order valence-electron chi connectivity index (χ0n) is 16.3. The lowest BCUT2D eigenvalue weighted by Gasteiger charge is -2.06. The SMILES string of the molecule is CCOC(=O)c1ccc(NC(=O)CSc2nnc(NC(=O)c3cccc(Br)c3)s2)cc1. The summed E-state index contributed by atoms with van der Waals surface area (Å²) >= 11 is 5.72. The summed E-state index contributed by atoms with van der Waals surface area (Å²) in [5, 5.41) is 13.7. The molecule has 0 atom stereocenters. The van der Waals surface area contributed by atoms with Gasteiger partial charge in [0.2, 0.25) is 11.0 Å². The van der Waals surface area contributed by atoms with E-state index in [2.05, 4.69) is 36.8 Å². The van der Waals surface area contributed by atoms with E-state index in [0.29, 0.717) is 32.9 Å². The lowest BCUT2D eigenvalue weighted by atomic mass is 10.2. The van der Waals surface area contributed by atoms with Gasteiger partial charge in [0, 0.05) is 15.7 Å². The number of nitrogens with zero attached hydrogens (tertiary/aromatic N) is 2. The fourth-order valence-electron chi connectivity index (χ4n) is 2.35. The van der Waals surface area contributed by atoms with Crippen LogP contribution in [0, 0.1) is 0 Å². The first-order valence-corrected chi connectivity index (χ1v) is 11.6.